The van der Waals surface area contributed by atoms with Gasteiger partial charge in [-0.3, -0.25) is 0 Å². The summed E-state index contributed by atoms with van der Waals surface area (Å²) in [5, 5.41) is 0. The van der Waals surface area contributed by atoms with Gasteiger partial charge in [0.2, 0.25) is 0 Å². The molecule has 1 aliphatic rings. The maximum absolute atomic E-state index is 4.64. The number of rotatable bonds is 2. The molecule has 2 aromatic rings. The summed E-state index contributed by atoms with van der Waals surface area (Å²) in [5.41, 5.74) is 1.08. The number of anilines is 1. The topological polar surface area (TPSA) is 34.0 Å². The van der Waals surface area contributed by atoms with Crippen molar-refractivity contribution in [1.29, 1.82) is 0 Å². The molecule has 2 atom stereocenters. The zero-order chi connectivity index (χ0) is 13.2. The van der Waals surface area contributed by atoms with E-state index < -0.39 is 0 Å². The molecular weight excluding hydrogens is 236 g/mol. The fourth-order valence-electron chi connectivity index (χ4n) is 2.82. The summed E-state index contributed by atoms with van der Waals surface area (Å²) >= 11 is 0. The van der Waals surface area contributed by atoms with E-state index >= 15 is 0 Å². The van der Waals surface area contributed by atoms with Crippen LogP contribution in [0.15, 0.2) is 36.9 Å². The summed E-state index contributed by atoms with van der Waals surface area (Å²) in [5.74, 6) is 1.77. The Balaban J connectivity index is 1.82. The molecule has 0 bridgehead atoms. The Kier molecular flexibility index (Phi) is 3.23. The van der Waals surface area contributed by atoms with Gasteiger partial charge in [-0.2, -0.15) is 0 Å². The fourth-order valence-corrected chi connectivity index (χ4v) is 2.82. The molecule has 0 radical (unpaired) electrons. The van der Waals surface area contributed by atoms with Gasteiger partial charge in [0.1, 0.15) is 5.82 Å². The monoisotopic (exact) mass is 256 g/mol. The molecule has 3 rings (SSSR count). The Morgan fingerprint density at radius 3 is 2.95 bits per heavy atom. The molecule has 1 aliphatic heterocycles. The maximum Gasteiger partial charge on any atom is 0.128 e. The quantitative estimate of drug-likeness (QED) is 0.828. The largest absolute Gasteiger partial charge is 0.355 e. The highest BCUT2D eigenvalue weighted by molar-refractivity contribution is 5.40. The molecule has 0 amide bonds. The Morgan fingerprint density at radius 2 is 2.21 bits per heavy atom. The van der Waals surface area contributed by atoms with Crippen molar-refractivity contribution in [1.82, 2.24) is 14.5 Å². The van der Waals surface area contributed by atoms with Crippen LogP contribution >= 0.6 is 0 Å². The minimum absolute atomic E-state index is 0.485. The minimum atomic E-state index is 0.485. The van der Waals surface area contributed by atoms with Crippen molar-refractivity contribution in [3.05, 3.63) is 42.6 Å². The third kappa shape index (κ3) is 2.48. The van der Waals surface area contributed by atoms with E-state index in [-0.39, 0.29) is 0 Å². The van der Waals surface area contributed by atoms with Gasteiger partial charge in [-0.15, -0.1) is 0 Å². The fraction of sp³-hybridized carbons (Fsp3) is 0.467. The lowest BCUT2D eigenvalue weighted by atomic mass is 9.93. The first-order valence-corrected chi connectivity index (χ1v) is 6.90. The molecule has 0 saturated carbocycles. The smallest absolute Gasteiger partial charge is 0.128 e. The lowest BCUT2D eigenvalue weighted by Crippen LogP contribution is -2.41. The Bertz CT molecular complexity index is 535. The summed E-state index contributed by atoms with van der Waals surface area (Å²) in [7, 11) is 0. The van der Waals surface area contributed by atoms with E-state index in [0.717, 1.165) is 24.6 Å². The first-order chi connectivity index (χ1) is 9.24. The first-order valence-electron chi connectivity index (χ1n) is 6.90. The first kappa shape index (κ1) is 12.2. The van der Waals surface area contributed by atoms with E-state index in [9.17, 15) is 0 Å². The molecule has 1 saturated heterocycles. The lowest BCUT2D eigenvalue weighted by Gasteiger charge is -2.38. The number of imidazole rings is 1. The molecule has 100 valence electrons. The van der Waals surface area contributed by atoms with Crippen LogP contribution in [-0.4, -0.2) is 27.6 Å². The predicted molar refractivity (Wildman–Crippen MR) is 76.2 cm³/mol. The third-order valence-corrected chi connectivity index (χ3v) is 4.02. The highest BCUT2D eigenvalue weighted by Crippen LogP contribution is 2.29. The number of piperidine rings is 1. The van der Waals surface area contributed by atoms with Crippen molar-refractivity contribution < 1.29 is 0 Å². The van der Waals surface area contributed by atoms with Gasteiger partial charge in [0.15, 0.2) is 0 Å². The van der Waals surface area contributed by atoms with Crippen LogP contribution in [0.2, 0.25) is 0 Å². The van der Waals surface area contributed by atoms with Gasteiger partial charge in [0, 0.05) is 31.2 Å². The van der Waals surface area contributed by atoms with Crippen molar-refractivity contribution in [3.63, 3.8) is 0 Å². The van der Waals surface area contributed by atoms with Crippen molar-refractivity contribution in [2.24, 2.45) is 5.92 Å². The third-order valence-electron chi connectivity index (χ3n) is 4.02. The van der Waals surface area contributed by atoms with Gasteiger partial charge in [-0.1, -0.05) is 13.0 Å². The SMILES string of the molecule is Cc1cccc(N2CC[C@@H](C)[C@@H](n3ccnc3)C2)n1. The minimum Gasteiger partial charge on any atom is -0.355 e. The van der Waals surface area contributed by atoms with E-state index in [2.05, 4.69) is 44.7 Å². The highest BCUT2D eigenvalue weighted by Gasteiger charge is 2.27. The molecule has 0 spiro atoms. The van der Waals surface area contributed by atoms with Gasteiger partial charge < -0.3 is 9.47 Å². The van der Waals surface area contributed by atoms with Crippen LogP contribution in [0.5, 0.6) is 0 Å². The van der Waals surface area contributed by atoms with Crippen molar-refractivity contribution in [2.45, 2.75) is 26.3 Å². The molecule has 0 N–H and O–H groups in total. The van der Waals surface area contributed by atoms with E-state index in [0.29, 0.717) is 12.0 Å². The number of aryl methyl sites for hydroxylation is 1. The summed E-state index contributed by atoms with van der Waals surface area (Å²) < 4.78 is 2.23. The zero-order valence-electron chi connectivity index (χ0n) is 11.5. The molecule has 4 nitrogen and oxygen atoms in total. The standard InChI is InChI=1S/C15H20N4/c1-12-6-8-18(15-5-3-4-13(2)17-15)10-14(12)19-9-7-16-11-19/h3-5,7,9,11-12,14H,6,8,10H2,1-2H3/t12-,14+/m1/s1. The lowest BCUT2D eigenvalue weighted by molar-refractivity contribution is 0.298. The number of pyridine rings is 1. The molecule has 3 heterocycles. The highest BCUT2D eigenvalue weighted by atomic mass is 15.2. The van der Waals surface area contributed by atoms with Gasteiger partial charge >= 0.3 is 0 Å². The summed E-state index contributed by atoms with van der Waals surface area (Å²) in [6.07, 6.45) is 7.04. The van der Waals surface area contributed by atoms with Crippen molar-refractivity contribution in [2.75, 3.05) is 18.0 Å². The Hall–Kier alpha value is -1.84. The molecular formula is C15H20N4. The Morgan fingerprint density at radius 1 is 1.32 bits per heavy atom. The van der Waals surface area contributed by atoms with Crippen LogP contribution in [0.3, 0.4) is 0 Å². The molecule has 19 heavy (non-hydrogen) atoms. The average Bonchev–Trinajstić information content (AvgIpc) is 2.93. The van der Waals surface area contributed by atoms with Crippen LogP contribution in [0, 0.1) is 12.8 Å². The summed E-state index contributed by atoms with van der Waals surface area (Å²) in [4.78, 5) is 11.2. The Labute approximate surface area is 114 Å². The normalized spacial score (nSPS) is 23.6. The van der Waals surface area contributed by atoms with Gasteiger partial charge in [0.05, 0.1) is 12.4 Å². The van der Waals surface area contributed by atoms with Crippen LogP contribution in [0.25, 0.3) is 0 Å². The van der Waals surface area contributed by atoms with E-state index in [1.807, 2.05) is 25.5 Å². The zero-order valence-corrected chi connectivity index (χ0v) is 11.5. The van der Waals surface area contributed by atoms with Crippen LogP contribution in [0.1, 0.15) is 25.1 Å². The second kappa shape index (κ2) is 5.03. The number of hydrogen-bond donors (Lipinski definition) is 0. The number of aromatic nitrogens is 3. The van der Waals surface area contributed by atoms with Gasteiger partial charge in [-0.25, -0.2) is 9.97 Å². The van der Waals surface area contributed by atoms with E-state index in [4.69, 9.17) is 0 Å². The van der Waals surface area contributed by atoms with Crippen LogP contribution < -0.4 is 4.90 Å². The maximum atomic E-state index is 4.64. The second-order valence-electron chi connectivity index (χ2n) is 5.43. The molecule has 0 unspecified atom stereocenters. The predicted octanol–water partition coefficient (Wildman–Crippen LogP) is 2.67. The number of hydrogen-bond acceptors (Lipinski definition) is 3. The van der Waals surface area contributed by atoms with E-state index in [1.54, 1.807) is 0 Å². The van der Waals surface area contributed by atoms with Gasteiger partial charge in [-0.05, 0) is 31.4 Å². The van der Waals surface area contributed by atoms with Crippen molar-refractivity contribution in [3.8, 4) is 0 Å². The average molecular weight is 256 g/mol. The van der Waals surface area contributed by atoms with Gasteiger partial charge in [0.25, 0.3) is 0 Å². The summed E-state index contributed by atoms with van der Waals surface area (Å²) in [6, 6.07) is 6.72. The molecule has 2 aromatic heterocycles. The van der Waals surface area contributed by atoms with Crippen LogP contribution in [0.4, 0.5) is 5.82 Å². The number of nitrogens with zero attached hydrogens (tertiary/aromatic N) is 4. The second-order valence-corrected chi connectivity index (χ2v) is 5.43. The van der Waals surface area contributed by atoms with E-state index in [1.165, 1.54) is 6.42 Å². The van der Waals surface area contributed by atoms with Crippen LogP contribution in [-0.2, 0) is 0 Å². The summed E-state index contributed by atoms with van der Waals surface area (Å²) in [6.45, 7) is 6.46. The molecule has 0 aromatic carbocycles. The molecule has 4 heteroatoms. The van der Waals surface area contributed by atoms with Crippen molar-refractivity contribution >= 4 is 5.82 Å². The molecule has 0 aliphatic carbocycles. The molecule has 1 fully saturated rings.